The van der Waals surface area contributed by atoms with Gasteiger partial charge in [-0.15, -0.1) is 0 Å². The third kappa shape index (κ3) is 1.80. The van der Waals surface area contributed by atoms with Crippen molar-refractivity contribution in [2.45, 2.75) is 13.3 Å². The van der Waals surface area contributed by atoms with Gasteiger partial charge < -0.3 is 5.43 Å². The van der Waals surface area contributed by atoms with E-state index in [0.717, 1.165) is 0 Å². The number of aryl methyl sites for hydroxylation is 1. The van der Waals surface area contributed by atoms with Gasteiger partial charge in [-0.2, -0.15) is 0 Å². The van der Waals surface area contributed by atoms with E-state index in [4.69, 9.17) is 5.84 Å². The van der Waals surface area contributed by atoms with Crippen molar-refractivity contribution in [3.8, 4) is 0 Å². The number of hydrazine groups is 1. The number of rotatable bonds is 2. The lowest BCUT2D eigenvalue weighted by Crippen LogP contribution is -2.11. The molecule has 0 fully saturated rings. The van der Waals surface area contributed by atoms with E-state index in [2.05, 4.69) is 10.4 Å². The summed E-state index contributed by atoms with van der Waals surface area (Å²) >= 11 is 0. The van der Waals surface area contributed by atoms with Crippen LogP contribution in [-0.2, 0) is 6.42 Å². The second-order valence-electron chi connectivity index (χ2n) is 3.54. The summed E-state index contributed by atoms with van der Waals surface area (Å²) in [5.74, 6) is 2.14. The number of halogens is 3. The monoisotopic (exact) mass is 241 g/mol. The summed E-state index contributed by atoms with van der Waals surface area (Å²) in [6.07, 6.45) is 0.543. The first kappa shape index (κ1) is 11.7. The Balaban J connectivity index is 2.87. The molecule has 0 aliphatic heterocycles. The highest BCUT2D eigenvalue weighted by Crippen LogP contribution is 2.26. The standard InChI is InChI=1S/C11H10F3N3/c1-2-5-3-6-7(12)4-8(13)9(14)10(6)16-11(5)17-15/h3-4H,2,15H2,1H3,(H,16,17). The second kappa shape index (κ2) is 4.21. The van der Waals surface area contributed by atoms with Gasteiger partial charge in [-0.3, -0.25) is 0 Å². The molecule has 6 heteroatoms. The molecule has 0 spiro atoms. The maximum atomic E-state index is 13.5. The molecule has 1 aromatic heterocycles. The Hall–Kier alpha value is -1.82. The number of benzene rings is 1. The zero-order valence-electron chi connectivity index (χ0n) is 9.02. The molecule has 90 valence electrons. The van der Waals surface area contributed by atoms with Crippen LogP contribution in [0.2, 0.25) is 0 Å². The van der Waals surface area contributed by atoms with Crippen LogP contribution < -0.4 is 11.3 Å². The summed E-state index contributed by atoms with van der Waals surface area (Å²) in [6.45, 7) is 1.82. The van der Waals surface area contributed by atoms with Crippen molar-refractivity contribution in [1.29, 1.82) is 0 Å². The predicted molar refractivity (Wildman–Crippen MR) is 58.8 cm³/mol. The van der Waals surface area contributed by atoms with E-state index in [1.807, 2.05) is 6.92 Å². The van der Waals surface area contributed by atoms with Crippen molar-refractivity contribution in [3.05, 3.63) is 35.1 Å². The number of nitrogens with one attached hydrogen (secondary N) is 1. The zero-order chi connectivity index (χ0) is 12.6. The largest absolute Gasteiger partial charge is 0.308 e. The molecule has 3 N–H and O–H groups in total. The number of nitrogens with two attached hydrogens (primary N) is 1. The highest BCUT2D eigenvalue weighted by atomic mass is 19.2. The number of hydrogen-bond donors (Lipinski definition) is 2. The number of pyridine rings is 1. The summed E-state index contributed by atoms with van der Waals surface area (Å²) in [5, 5.41) is -0.0558. The van der Waals surface area contributed by atoms with E-state index in [0.29, 0.717) is 18.1 Å². The van der Waals surface area contributed by atoms with E-state index in [1.54, 1.807) is 0 Å². The molecule has 1 aromatic carbocycles. The maximum Gasteiger partial charge on any atom is 0.185 e. The minimum absolute atomic E-state index is 0.0558. The molecule has 0 atom stereocenters. The molecule has 0 amide bonds. The Morgan fingerprint density at radius 3 is 2.53 bits per heavy atom. The van der Waals surface area contributed by atoms with Crippen LogP contribution in [0.25, 0.3) is 10.9 Å². The van der Waals surface area contributed by atoms with Gasteiger partial charge in [-0.05, 0) is 18.1 Å². The van der Waals surface area contributed by atoms with Gasteiger partial charge in [-0.25, -0.2) is 24.0 Å². The maximum absolute atomic E-state index is 13.5. The van der Waals surface area contributed by atoms with E-state index in [9.17, 15) is 13.2 Å². The van der Waals surface area contributed by atoms with Crippen molar-refractivity contribution in [2.75, 3.05) is 5.43 Å². The van der Waals surface area contributed by atoms with Crippen LogP contribution in [0.3, 0.4) is 0 Å². The number of fused-ring (bicyclic) bond motifs is 1. The Bertz CT molecular complexity index is 584. The van der Waals surface area contributed by atoms with Crippen LogP contribution >= 0.6 is 0 Å². The van der Waals surface area contributed by atoms with Crippen LogP contribution in [0.1, 0.15) is 12.5 Å². The van der Waals surface area contributed by atoms with Gasteiger partial charge in [-0.1, -0.05) is 6.92 Å². The quantitative estimate of drug-likeness (QED) is 0.482. The first-order chi connectivity index (χ1) is 8.08. The van der Waals surface area contributed by atoms with Crippen molar-refractivity contribution >= 4 is 16.7 Å². The van der Waals surface area contributed by atoms with Gasteiger partial charge in [0.2, 0.25) is 0 Å². The minimum Gasteiger partial charge on any atom is -0.308 e. The molecule has 0 aliphatic rings. The van der Waals surface area contributed by atoms with Crippen molar-refractivity contribution in [3.63, 3.8) is 0 Å². The average Bonchev–Trinajstić information content (AvgIpc) is 2.34. The van der Waals surface area contributed by atoms with Gasteiger partial charge in [0.1, 0.15) is 17.2 Å². The summed E-state index contributed by atoms with van der Waals surface area (Å²) < 4.78 is 40.0. The Morgan fingerprint density at radius 1 is 1.24 bits per heavy atom. The number of hydrogen-bond acceptors (Lipinski definition) is 3. The number of nitrogen functional groups attached to an aromatic ring is 1. The van der Waals surface area contributed by atoms with Crippen LogP contribution in [0, 0.1) is 17.5 Å². The molecule has 0 bridgehead atoms. The van der Waals surface area contributed by atoms with Crippen LogP contribution in [-0.4, -0.2) is 4.98 Å². The van der Waals surface area contributed by atoms with Gasteiger partial charge in [0, 0.05) is 11.5 Å². The van der Waals surface area contributed by atoms with E-state index in [1.165, 1.54) is 6.07 Å². The van der Waals surface area contributed by atoms with Gasteiger partial charge in [0.25, 0.3) is 0 Å². The fourth-order valence-corrected chi connectivity index (χ4v) is 1.66. The lowest BCUT2D eigenvalue weighted by Gasteiger charge is -2.09. The van der Waals surface area contributed by atoms with Crippen molar-refractivity contribution in [2.24, 2.45) is 5.84 Å². The predicted octanol–water partition coefficient (Wildman–Crippen LogP) is 2.50. The molecule has 2 rings (SSSR count). The second-order valence-corrected chi connectivity index (χ2v) is 3.54. The lowest BCUT2D eigenvalue weighted by molar-refractivity contribution is 0.504. The topological polar surface area (TPSA) is 50.9 Å². The van der Waals surface area contributed by atoms with E-state index < -0.39 is 17.5 Å². The van der Waals surface area contributed by atoms with Crippen LogP contribution in [0.5, 0.6) is 0 Å². The van der Waals surface area contributed by atoms with Crippen LogP contribution in [0.4, 0.5) is 19.0 Å². The molecule has 17 heavy (non-hydrogen) atoms. The normalized spacial score (nSPS) is 10.9. The highest BCUT2D eigenvalue weighted by molar-refractivity contribution is 5.83. The minimum atomic E-state index is -1.27. The summed E-state index contributed by atoms with van der Waals surface area (Å²) in [6, 6.07) is 1.92. The Morgan fingerprint density at radius 2 is 1.94 bits per heavy atom. The lowest BCUT2D eigenvalue weighted by atomic mass is 10.1. The van der Waals surface area contributed by atoms with Crippen molar-refractivity contribution in [1.82, 2.24) is 4.98 Å². The SMILES string of the molecule is CCc1cc2c(F)cc(F)c(F)c2nc1NN. The number of anilines is 1. The van der Waals surface area contributed by atoms with Gasteiger partial charge in [0.15, 0.2) is 11.6 Å². The first-order valence-corrected chi connectivity index (χ1v) is 5.02. The summed E-state index contributed by atoms with van der Waals surface area (Å²) in [4.78, 5) is 3.79. The first-order valence-electron chi connectivity index (χ1n) is 5.02. The number of nitrogens with zero attached hydrogens (tertiary/aromatic N) is 1. The van der Waals surface area contributed by atoms with Gasteiger partial charge >= 0.3 is 0 Å². The smallest absolute Gasteiger partial charge is 0.185 e. The third-order valence-electron chi connectivity index (χ3n) is 2.55. The Labute approximate surface area is 95.4 Å². The molecule has 0 unspecified atom stereocenters. The number of aromatic nitrogens is 1. The molecule has 0 aliphatic carbocycles. The molecule has 0 radical (unpaired) electrons. The van der Waals surface area contributed by atoms with Crippen LogP contribution in [0.15, 0.2) is 12.1 Å². The highest BCUT2D eigenvalue weighted by Gasteiger charge is 2.16. The Kier molecular flexibility index (Phi) is 2.89. The van der Waals surface area contributed by atoms with Gasteiger partial charge in [0.05, 0.1) is 0 Å². The van der Waals surface area contributed by atoms with E-state index in [-0.39, 0.29) is 16.7 Å². The molecule has 0 saturated heterocycles. The molecule has 0 saturated carbocycles. The summed E-state index contributed by atoms with van der Waals surface area (Å²) in [7, 11) is 0. The summed E-state index contributed by atoms with van der Waals surface area (Å²) in [5.41, 5.74) is 2.54. The molecular formula is C11H10F3N3. The molecule has 3 nitrogen and oxygen atoms in total. The third-order valence-corrected chi connectivity index (χ3v) is 2.55. The fraction of sp³-hybridized carbons (Fsp3) is 0.182. The fourth-order valence-electron chi connectivity index (χ4n) is 1.66. The average molecular weight is 241 g/mol. The van der Waals surface area contributed by atoms with E-state index >= 15 is 0 Å². The molecule has 2 aromatic rings. The molecular weight excluding hydrogens is 231 g/mol. The zero-order valence-corrected chi connectivity index (χ0v) is 9.02. The molecule has 1 heterocycles. The van der Waals surface area contributed by atoms with Crippen molar-refractivity contribution < 1.29 is 13.2 Å².